The van der Waals surface area contributed by atoms with Crippen molar-refractivity contribution < 1.29 is 33.5 Å². The maximum atomic E-state index is 12.5. The number of hydrogen-bond acceptors (Lipinski definition) is 7. The minimum atomic E-state index is -0.901. The molecule has 5 rings (SSSR count). The Balaban J connectivity index is 1.67. The van der Waals surface area contributed by atoms with E-state index >= 15 is 0 Å². The molecule has 1 aliphatic heterocycles. The minimum absolute atomic E-state index is 0.0264. The van der Waals surface area contributed by atoms with Crippen molar-refractivity contribution in [3.05, 3.63) is 0 Å². The van der Waals surface area contributed by atoms with Crippen LogP contribution in [0.3, 0.4) is 0 Å². The predicted octanol–water partition coefficient (Wildman–Crippen LogP) is 4.11. The maximum Gasteiger partial charge on any atom is 0.163 e. The van der Waals surface area contributed by atoms with Gasteiger partial charge in [0.2, 0.25) is 0 Å². The average Bonchev–Trinajstić information content (AvgIpc) is 3.10. The van der Waals surface area contributed by atoms with Gasteiger partial charge in [0, 0.05) is 31.5 Å². The van der Waals surface area contributed by atoms with Crippen molar-refractivity contribution in [3.8, 4) is 12.3 Å². The van der Waals surface area contributed by atoms with Crippen molar-refractivity contribution in [1.29, 1.82) is 0 Å². The molecule has 204 valence electrons. The van der Waals surface area contributed by atoms with Gasteiger partial charge in [0.15, 0.2) is 5.79 Å². The Morgan fingerprint density at radius 1 is 1.06 bits per heavy atom. The molecule has 1 N–H and O–H groups in total. The van der Waals surface area contributed by atoms with Gasteiger partial charge in [0.1, 0.15) is 13.6 Å². The second-order valence-electron chi connectivity index (χ2n) is 13.0. The first-order chi connectivity index (χ1) is 17.0. The quantitative estimate of drug-likeness (QED) is 0.429. The van der Waals surface area contributed by atoms with Gasteiger partial charge in [-0.25, -0.2) is 0 Å². The Labute approximate surface area is 216 Å². The number of hydrogen-bond donors (Lipinski definition) is 1. The van der Waals surface area contributed by atoms with Gasteiger partial charge in [0.25, 0.3) is 0 Å². The lowest BCUT2D eigenvalue weighted by molar-refractivity contribution is -0.405. The van der Waals surface area contributed by atoms with Gasteiger partial charge in [-0.05, 0) is 70.6 Å². The Morgan fingerprint density at radius 3 is 2.50 bits per heavy atom. The molecule has 5 fully saturated rings. The Hall–Kier alpha value is -0.720. The van der Waals surface area contributed by atoms with E-state index in [1.54, 1.807) is 14.2 Å². The molecule has 4 saturated carbocycles. The van der Waals surface area contributed by atoms with Crippen LogP contribution in [0.15, 0.2) is 0 Å². The molecule has 0 aromatic heterocycles. The van der Waals surface area contributed by atoms with Crippen LogP contribution in [-0.2, 0) is 28.4 Å². The van der Waals surface area contributed by atoms with Crippen LogP contribution in [-0.4, -0.2) is 68.7 Å². The first kappa shape index (κ1) is 26.9. The predicted molar refractivity (Wildman–Crippen MR) is 134 cm³/mol. The summed E-state index contributed by atoms with van der Waals surface area (Å²) in [4.78, 5) is 0. The number of ether oxygens (including phenoxy) is 6. The highest BCUT2D eigenvalue weighted by Gasteiger charge is 2.77. The van der Waals surface area contributed by atoms with Gasteiger partial charge in [-0.1, -0.05) is 13.8 Å². The van der Waals surface area contributed by atoms with Crippen molar-refractivity contribution in [3.63, 3.8) is 0 Å². The zero-order chi connectivity index (χ0) is 26.0. The SMILES string of the molecule is C#C[C@H]1CC[C@]2(OCOC)C3CC[C@]4(O)C[C@@H](C)C[C@H]5OC(C)(C)OC[C@]54C3[C@H](OCOC)C[C@]12C. The van der Waals surface area contributed by atoms with Crippen LogP contribution in [0.5, 0.6) is 0 Å². The standard InChI is InChI=1S/C29H46O7/c1-8-20-9-12-29(35-18-32-7)21-10-11-27(30)14-19(2)13-23-28(27,16-34-25(3,4)36-23)24(21)22(33-17-31-6)15-26(20,29)5/h1,19-24,30H,9-18H2,2-7H3/t19-,20-,21?,22+,23+,24?,26+,27-,28+,29-/m0/s1. The Bertz CT molecular complexity index is 870. The average molecular weight is 507 g/mol. The first-order valence-corrected chi connectivity index (χ1v) is 13.8. The summed E-state index contributed by atoms with van der Waals surface area (Å²) in [5.74, 6) is 2.95. The monoisotopic (exact) mass is 506 g/mol. The van der Waals surface area contributed by atoms with E-state index < -0.39 is 22.4 Å². The summed E-state index contributed by atoms with van der Waals surface area (Å²) in [5, 5.41) is 12.5. The molecule has 0 aromatic carbocycles. The molecule has 7 heteroatoms. The highest BCUT2D eigenvalue weighted by atomic mass is 16.7. The van der Waals surface area contributed by atoms with E-state index in [0.717, 1.165) is 38.5 Å². The lowest BCUT2D eigenvalue weighted by atomic mass is 9.39. The molecule has 0 radical (unpaired) electrons. The van der Waals surface area contributed by atoms with Crippen LogP contribution in [0.1, 0.15) is 72.6 Å². The number of methoxy groups -OCH3 is 2. The molecule has 7 nitrogen and oxygen atoms in total. The second kappa shape index (κ2) is 9.19. The summed E-state index contributed by atoms with van der Waals surface area (Å²) in [6.07, 6.45) is 11.5. The Morgan fingerprint density at radius 2 is 1.81 bits per heavy atom. The summed E-state index contributed by atoms with van der Waals surface area (Å²) in [5.41, 5.74) is -2.25. The summed E-state index contributed by atoms with van der Waals surface area (Å²) >= 11 is 0. The van der Waals surface area contributed by atoms with E-state index in [9.17, 15) is 5.11 Å². The topological polar surface area (TPSA) is 75.6 Å². The summed E-state index contributed by atoms with van der Waals surface area (Å²) in [6.45, 7) is 9.33. The molecule has 10 atom stereocenters. The van der Waals surface area contributed by atoms with Gasteiger partial charge in [-0.15, -0.1) is 12.3 Å². The highest BCUT2D eigenvalue weighted by molar-refractivity contribution is 5.27. The van der Waals surface area contributed by atoms with Gasteiger partial charge >= 0.3 is 0 Å². The van der Waals surface area contributed by atoms with Gasteiger partial charge in [-0.3, -0.25) is 0 Å². The molecule has 1 heterocycles. The van der Waals surface area contributed by atoms with Crippen LogP contribution in [0.4, 0.5) is 0 Å². The van der Waals surface area contributed by atoms with E-state index in [0.29, 0.717) is 18.9 Å². The summed E-state index contributed by atoms with van der Waals surface area (Å²) in [6, 6.07) is 0. The molecule has 36 heavy (non-hydrogen) atoms. The largest absolute Gasteiger partial charge is 0.389 e. The number of terminal acetylenes is 1. The van der Waals surface area contributed by atoms with Crippen molar-refractivity contribution in [1.82, 2.24) is 0 Å². The van der Waals surface area contributed by atoms with Crippen molar-refractivity contribution >= 4 is 0 Å². The fraction of sp³-hybridized carbons (Fsp3) is 0.931. The zero-order valence-corrected chi connectivity index (χ0v) is 23.0. The van der Waals surface area contributed by atoms with E-state index in [-0.39, 0.29) is 49.0 Å². The third kappa shape index (κ3) is 3.59. The van der Waals surface area contributed by atoms with Crippen molar-refractivity contribution in [2.24, 2.45) is 34.5 Å². The van der Waals surface area contributed by atoms with Crippen molar-refractivity contribution in [2.75, 3.05) is 34.4 Å². The smallest absolute Gasteiger partial charge is 0.163 e. The molecular formula is C29H46O7. The van der Waals surface area contributed by atoms with E-state index in [4.69, 9.17) is 34.8 Å². The Kier molecular flexibility index (Phi) is 6.86. The molecule has 5 aliphatic rings. The molecule has 2 unspecified atom stereocenters. The molecule has 0 amide bonds. The van der Waals surface area contributed by atoms with Crippen LogP contribution in [0.2, 0.25) is 0 Å². The third-order valence-electron chi connectivity index (χ3n) is 10.9. The number of aliphatic hydroxyl groups is 1. The molecule has 4 aliphatic carbocycles. The fourth-order valence-corrected chi connectivity index (χ4v) is 9.60. The number of fused-ring (bicyclic) bond motifs is 3. The molecule has 1 saturated heterocycles. The molecule has 0 bridgehead atoms. The number of rotatable bonds is 6. The molecule has 1 spiro atoms. The van der Waals surface area contributed by atoms with Crippen molar-refractivity contribution in [2.45, 2.75) is 102 Å². The van der Waals surface area contributed by atoms with Crippen LogP contribution in [0.25, 0.3) is 0 Å². The summed E-state index contributed by atoms with van der Waals surface area (Å²) < 4.78 is 37.3. The van der Waals surface area contributed by atoms with Crippen LogP contribution < -0.4 is 0 Å². The first-order valence-electron chi connectivity index (χ1n) is 13.8. The zero-order valence-electron chi connectivity index (χ0n) is 23.0. The van der Waals surface area contributed by atoms with Gasteiger partial charge in [-0.2, -0.15) is 0 Å². The third-order valence-corrected chi connectivity index (χ3v) is 10.9. The lowest BCUT2D eigenvalue weighted by Crippen LogP contribution is -2.78. The maximum absolute atomic E-state index is 12.5. The van der Waals surface area contributed by atoms with E-state index in [2.05, 4.69) is 19.8 Å². The normalized spacial score (nSPS) is 51.4. The second-order valence-corrected chi connectivity index (χ2v) is 13.0. The van der Waals surface area contributed by atoms with Gasteiger partial charge < -0.3 is 33.5 Å². The van der Waals surface area contributed by atoms with Gasteiger partial charge in [0.05, 0.1) is 35.4 Å². The molecule has 0 aromatic rings. The summed E-state index contributed by atoms with van der Waals surface area (Å²) in [7, 11) is 3.33. The van der Waals surface area contributed by atoms with E-state index in [1.807, 2.05) is 13.8 Å². The van der Waals surface area contributed by atoms with Crippen LogP contribution >= 0.6 is 0 Å². The molecular weight excluding hydrogens is 460 g/mol. The van der Waals surface area contributed by atoms with Crippen LogP contribution in [0, 0.1) is 46.8 Å². The van der Waals surface area contributed by atoms with E-state index in [1.165, 1.54) is 0 Å². The minimum Gasteiger partial charge on any atom is -0.389 e. The highest BCUT2D eigenvalue weighted by Crippen LogP contribution is 2.72. The lowest BCUT2D eigenvalue weighted by Gasteiger charge is -2.71. The fourth-order valence-electron chi connectivity index (χ4n) is 9.60.